The summed E-state index contributed by atoms with van der Waals surface area (Å²) in [5.41, 5.74) is 2.62. The number of rotatable bonds is 2. The van der Waals surface area contributed by atoms with Gasteiger partial charge in [-0.2, -0.15) is 0 Å². The highest BCUT2D eigenvalue weighted by molar-refractivity contribution is 5.76. The lowest BCUT2D eigenvalue weighted by Gasteiger charge is -2.49. The number of ether oxygens (including phenoxy) is 1. The molecule has 0 saturated carbocycles. The summed E-state index contributed by atoms with van der Waals surface area (Å²) < 4.78 is 4.83. The second kappa shape index (κ2) is 3.76. The van der Waals surface area contributed by atoms with Crippen molar-refractivity contribution in [3.8, 4) is 0 Å². The number of piperazine rings is 1. The highest BCUT2D eigenvalue weighted by Gasteiger charge is 2.39. The van der Waals surface area contributed by atoms with E-state index in [1.165, 1.54) is 18.5 Å². The molecule has 0 aromatic heterocycles. The lowest BCUT2D eigenvalue weighted by Crippen LogP contribution is -2.59. The summed E-state index contributed by atoms with van der Waals surface area (Å²) in [6.45, 7) is 7.02. The minimum Gasteiger partial charge on any atom is -0.467 e. The van der Waals surface area contributed by atoms with Crippen molar-refractivity contribution in [2.45, 2.75) is 26.3 Å². The van der Waals surface area contributed by atoms with Gasteiger partial charge in [-0.25, -0.2) is 4.79 Å². The highest BCUT2D eigenvalue weighted by Crippen LogP contribution is 2.30. The molecule has 0 aromatic rings. The summed E-state index contributed by atoms with van der Waals surface area (Å²) in [5.74, 6) is -0.116. The normalized spacial score (nSPS) is 24.9. The molecule has 84 valence electrons. The molecule has 3 rings (SSSR count). The van der Waals surface area contributed by atoms with Gasteiger partial charge in [-0.05, 0) is 13.3 Å². The minimum absolute atomic E-state index is 0.0981. The zero-order valence-corrected chi connectivity index (χ0v) is 9.62. The van der Waals surface area contributed by atoms with E-state index < -0.39 is 0 Å². The van der Waals surface area contributed by atoms with E-state index in [9.17, 15) is 4.79 Å². The third-order valence-electron chi connectivity index (χ3n) is 3.42. The Morgan fingerprint density at radius 3 is 2.80 bits per heavy atom. The summed E-state index contributed by atoms with van der Waals surface area (Å²) in [5, 5.41) is 0. The van der Waals surface area contributed by atoms with Gasteiger partial charge < -0.3 is 14.5 Å². The predicted molar refractivity (Wildman–Crippen MR) is 57.1 cm³/mol. The SMILES string of the molecule is CCC1=C(C)N2CCN1CC2C(=O)OC. The Hall–Kier alpha value is -1.19. The van der Waals surface area contributed by atoms with Crippen molar-refractivity contribution in [3.05, 3.63) is 11.4 Å². The summed E-state index contributed by atoms with van der Waals surface area (Å²) in [4.78, 5) is 16.1. The number of carbonyl (C=O) groups excluding carboxylic acids is 1. The number of methoxy groups -OCH3 is 1. The molecule has 3 aliphatic rings. The molecule has 0 amide bonds. The van der Waals surface area contributed by atoms with Crippen LogP contribution in [0.15, 0.2) is 11.4 Å². The first kappa shape index (κ1) is 10.3. The molecule has 1 atom stereocenters. The first-order valence-corrected chi connectivity index (χ1v) is 5.48. The lowest BCUT2D eigenvalue weighted by atomic mass is 10.0. The first-order valence-electron chi connectivity index (χ1n) is 5.48. The fraction of sp³-hybridized carbons (Fsp3) is 0.727. The molecular formula is C11H18N2O2. The Morgan fingerprint density at radius 2 is 2.27 bits per heavy atom. The number of allylic oxidation sites excluding steroid dienone is 2. The van der Waals surface area contributed by atoms with Gasteiger partial charge in [0.05, 0.1) is 7.11 Å². The van der Waals surface area contributed by atoms with Gasteiger partial charge in [0, 0.05) is 31.0 Å². The van der Waals surface area contributed by atoms with Gasteiger partial charge in [-0.3, -0.25) is 0 Å². The predicted octanol–water partition coefficient (Wildman–Crippen LogP) is 0.801. The van der Waals surface area contributed by atoms with E-state index in [0.717, 1.165) is 26.1 Å². The van der Waals surface area contributed by atoms with Gasteiger partial charge >= 0.3 is 5.97 Å². The molecule has 0 aromatic carbocycles. The molecule has 3 aliphatic heterocycles. The third-order valence-corrected chi connectivity index (χ3v) is 3.42. The summed E-state index contributed by atoms with van der Waals surface area (Å²) >= 11 is 0. The zero-order valence-electron chi connectivity index (χ0n) is 9.62. The molecule has 15 heavy (non-hydrogen) atoms. The Kier molecular flexibility index (Phi) is 2.59. The van der Waals surface area contributed by atoms with E-state index >= 15 is 0 Å². The molecule has 0 aliphatic carbocycles. The molecule has 0 spiro atoms. The molecule has 0 radical (unpaired) electrons. The molecule has 3 heterocycles. The van der Waals surface area contributed by atoms with E-state index in [1.54, 1.807) is 0 Å². The van der Waals surface area contributed by atoms with Gasteiger partial charge in [-0.1, -0.05) is 6.92 Å². The Balaban J connectivity index is 2.26. The topological polar surface area (TPSA) is 32.8 Å². The van der Waals surface area contributed by atoms with Gasteiger partial charge in [0.25, 0.3) is 0 Å². The minimum atomic E-state index is -0.116. The molecule has 4 nitrogen and oxygen atoms in total. The molecule has 0 N–H and O–H groups in total. The number of fused-ring (bicyclic) bond motifs is 2. The number of hydrogen-bond acceptors (Lipinski definition) is 4. The molecule has 1 saturated heterocycles. The van der Waals surface area contributed by atoms with Gasteiger partial charge in [0.15, 0.2) is 0 Å². The maximum atomic E-state index is 11.6. The van der Waals surface area contributed by atoms with Crippen LogP contribution in [0.2, 0.25) is 0 Å². The second-order valence-corrected chi connectivity index (χ2v) is 4.06. The van der Waals surface area contributed by atoms with E-state index in [0.29, 0.717) is 0 Å². The van der Waals surface area contributed by atoms with E-state index in [4.69, 9.17) is 4.74 Å². The van der Waals surface area contributed by atoms with Crippen LogP contribution in [-0.2, 0) is 9.53 Å². The molecule has 4 heteroatoms. The van der Waals surface area contributed by atoms with Crippen LogP contribution in [0.3, 0.4) is 0 Å². The Labute approximate surface area is 90.5 Å². The van der Waals surface area contributed by atoms with Crippen molar-refractivity contribution >= 4 is 5.97 Å². The van der Waals surface area contributed by atoms with Gasteiger partial charge in [0.2, 0.25) is 0 Å². The number of esters is 1. The van der Waals surface area contributed by atoms with E-state index in [-0.39, 0.29) is 12.0 Å². The van der Waals surface area contributed by atoms with Crippen LogP contribution in [0.1, 0.15) is 20.3 Å². The van der Waals surface area contributed by atoms with Crippen LogP contribution in [-0.4, -0.2) is 48.6 Å². The van der Waals surface area contributed by atoms with Crippen LogP contribution in [0.4, 0.5) is 0 Å². The molecular weight excluding hydrogens is 192 g/mol. The number of carbonyl (C=O) groups is 1. The Morgan fingerprint density at radius 1 is 1.53 bits per heavy atom. The van der Waals surface area contributed by atoms with Crippen molar-refractivity contribution in [2.75, 3.05) is 26.7 Å². The standard InChI is InChI=1S/C11H18N2O2/c1-4-9-8(2)13-6-5-12(9)7-10(13)11(14)15-3/h10H,4-7H2,1-3H3. The average molecular weight is 210 g/mol. The highest BCUT2D eigenvalue weighted by atomic mass is 16.5. The fourth-order valence-corrected chi connectivity index (χ4v) is 2.64. The maximum absolute atomic E-state index is 11.6. The lowest BCUT2D eigenvalue weighted by molar-refractivity contribution is -0.149. The first-order chi connectivity index (χ1) is 7.19. The van der Waals surface area contributed by atoms with Crippen LogP contribution >= 0.6 is 0 Å². The largest absolute Gasteiger partial charge is 0.467 e. The van der Waals surface area contributed by atoms with E-state index in [2.05, 4.69) is 23.6 Å². The van der Waals surface area contributed by atoms with Crippen molar-refractivity contribution < 1.29 is 9.53 Å². The number of hydrogen-bond donors (Lipinski definition) is 0. The number of nitrogens with zero attached hydrogens (tertiary/aromatic N) is 2. The smallest absolute Gasteiger partial charge is 0.330 e. The maximum Gasteiger partial charge on any atom is 0.330 e. The Bertz CT molecular complexity index is 312. The van der Waals surface area contributed by atoms with Crippen LogP contribution < -0.4 is 0 Å². The fourth-order valence-electron chi connectivity index (χ4n) is 2.64. The summed E-state index contributed by atoms with van der Waals surface area (Å²) in [6, 6.07) is -0.0981. The summed E-state index contributed by atoms with van der Waals surface area (Å²) in [7, 11) is 1.46. The third kappa shape index (κ3) is 1.48. The second-order valence-electron chi connectivity index (χ2n) is 4.06. The van der Waals surface area contributed by atoms with Crippen LogP contribution in [0.25, 0.3) is 0 Å². The quantitative estimate of drug-likeness (QED) is 0.631. The van der Waals surface area contributed by atoms with Crippen LogP contribution in [0, 0.1) is 0 Å². The monoisotopic (exact) mass is 210 g/mol. The van der Waals surface area contributed by atoms with E-state index in [1.807, 2.05) is 0 Å². The molecule has 1 fully saturated rings. The van der Waals surface area contributed by atoms with Crippen LogP contribution in [0.5, 0.6) is 0 Å². The zero-order chi connectivity index (χ0) is 11.0. The van der Waals surface area contributed by atoms with Crippen molar-refractivity contribution in [3.63, 3.8) is 0 Å². The van der Waals surface area contributed by atoms with Gasteiger partial charge in [0.1, 0.15) is 6.04 Å². The van der Waals surface area contributed by atoms with Gasteiger partial charge in [-0.15, -0.1) is 0 Å². The van der Waals surface area contributed by atoms with Crippen molar-refractivity contribution in [1.82, 2.24) is 9.80 Å². The average Bonchev–Trinajstić information content (AvgIpc) is 2.28. The van der Waals surface area contributed by atoms with Crippen molar-refractivity contribution in [1.29, 1.82) is 0 Å². The van der Waals surface area contributed by atoms with Crippen molar-refractivity contribution in [2.24, 2.45) is 0 Å². The summed E-state index contributed by atoms with van der Waals surface area (Å²) in [6.07, 6.45) is 1.04. The molecule has 2 bridgehead atoms. The molecule has 1 unspecified atom stereocenters.